The number of carbonyl (C=O) groups excluding carboxylic acids is 2. The Morgan fingerprint density at radius 1 is 1.09 bits per heavy atom. The van der Waals surface area contributed by atoms with Gasteiger partial charge in [0.05, 0.1) is 13.7 Å². The van der Waals surface area contributed by atoms with Crippen LogP contribution < -0.4 is 4.74 Å². The Kier molecular flexibility index (Phi) is 3.48. The molecule has 3 rings (SSSR count). The van der Waals surface area contributed by atoms with E-state index in [1.165, 1.54) is 9.80 Å². The molecule has 0 aromatic heterocycles. The van der Waals surface area contributed by atoms with Crippen LogP contribution >= 0.6 is 0 Å². The topological polar surface area (TPSA) is 49.9 Å². The van der Waals surface area contributed by atoms with Crippen LogP contribution in [-0.4, -0.2) is 49.4 Å². The molecule has 1 fully saturated rings. The van der Waals surface area contributed by atoms with E-state index in [0.29, 0.717) is 5.75 Å². The molecule has 1 heterocycles. The molecule has 0 aliphatic carbocycles. The van der Waals surface area contributed by atoms with E-state index in [2.05, 4.69) is 0 Å². The van der Waals surface area contributed by atoms with Gasteiger partial charge in [-0.15, -0.1) is 0 Å². The summed E-state index contributed by atoms with van der Waals surface area (Å²) in [6, 6.07) is 10.9. The first kappa shape index (κ1) is 14.4. The van der Waals surface area contributed by atoms with E-state index in [9.17, 15) is 9.59 Å². The van der Waals surface area contributed by atoms with Gasteiger partial charge in [0, 0.05) is 19.7 Å². The van der Waals surface area contributed by atoms with Crippen molar-refractivity contribution in [1.29, 1.82) is 0 Å². The second-order valence-corrected chi connectivity index (χ2v) is 5.50. The Morgan fingerprint density at radius 3 is 2.55 bits per heavy atom. The van der Waals surface area contributed by atoms with E-state index in [4.69, 9.17) is 4.74 Å². The number of rotatable bonds is 2. The minimum atomic E-state index is -0.660. The standard InChI is InChI=1S/C17H18N2O3/c1-18-10-14(20)19(2)16(17(18)21)15-12-7-5-4-6-11(12)8-9-13(15)22-3/h4-9,16H,10H2,1-3H3. The van der Waals surface area contributed by atoms with Gasteiger partial charge in [-0.25, -0.2) is 0 Å². The molecule has 0 radical (unpaired) electrons. The van der Waals surface area contributed by atoms with E-state index >= 15 is 0 Å². The number of amides is 2. The molecule has 1 aliphatic heterocycles. The number of hydrogen-bond donors (Lipinski definition) is 0. The molecule has 2 aromatic carbocycles. The minimum Gasteiger partial charge on any atom is -0.496 e. The minimum absolute atomic E-state index is 0.0814. The first-order chi connectivity index (χ1) is 10.5. The normalized spacial score (nSPS) is 19.0. The van der Waals surface area contributed by atoms with Gasteiger partial charge in [0.1, 0.15) is 11.8 Å². The predicted molar refractivity (Wildman–Crippen MR) is 83.6 cm³/mol. The lowest BCUT2D eigenvalue weighted by molar-refractivity contribution is -0.153. The molecule has 1 saturated heterocycles. The number of fused-ring (bicyclic) bond motifs is 1. The van der Waals surface area contributed by atoms with Crippen molar-refractivity contribution in [2.24, 2.45) is 0 Å². The highest BCUT2D eigenvalue weighted by Crippen LogP contribution is 2.37. The van der Waals surface area contributed by atoms with E-state index in [1.54, 1.807) is 21.2 Å². The molecule has 0 spiro atoms. The van der Waals surface area contributed by atoms with Crippen molar-refractivity contribution < 1.29 is 14.3 Å². The Labute approximate surface area is 129 Å². The Hall–Kier alpha value is -2.56. The van der Waals surface area contributed by atoms with Crippen LogP contribution in [0.2, 0.25) is 0 Å². The van der Waals surface area contributed by atoms with Crippen molar-refractivity contribution in [2.45, 2.75) is 6.04 Å². The summed E-state index contributed by atoms with van der Waals surface area (Å²) in [6.07, 6.45) is 0. The number of benzene rings is 2. The van der Waals surface area contributed by atoms with Crippen molar-refractivity contribution in [3.8, 4) is 5.75 Å². The van der Waals surface area contributed by atoms with Crippen molar-refractivity contribution in [2.75, 3.05) is 27.7 Å². The van der Waals surface area contributed by atoms with Gasteiger partial charge in [0.2, 0.25) is 11.8 Å². The van der Waals surface area contributed by atoms with Crippen LogP contribution in [0.4, 0.5) is 0 Å². The summed E-state index contributed by atoms with van der Waals surface area (Å²) in [7, 11) is 4.89. The van der Waals surface area contributed by atoms with E-state index in [1.807, 2.05) is 36.4 Å². The highest BCUT2D eigenvalue weighted by molar-refractivity contribution is 6.00. The third-order valence-corrected chi connectivity index (χ3v) is 4.19. The molecule has 114 valence electrons. The number of piperazine rings is 1. The van der Waals surface area contributed by atoms with Gasteiger partial charge in [-0.1, -0.05) is 30.3 Å². The zero-order valence-corrected chi connectivity index (χ0v) is 12.9. The lowest BCUT2D eigenvalue weighted by Crippen LogP contribution is -2.52. The van der Waals surface area contributed by atoms with Crippen LogP contribution in [-0.2, 0) is 9.59 Å². The smallest absolute Gasteiger partial charge is 0.250 e. The molecule has 5 nitrogen and oxygen atoms in total. The summed E-state index contributed by atoms with van der Waals surface area (Å²) >= 11 is 0. The maximum absolute atomic E-state index is 12.7. The molecule has 5 heteroatoms. The average molecular weight is 298 g/mol. The van der Waals surface area contributed by atoms with Crippen molar-refractivity contribution in [1.82, 2.24) is 9.80 Å². The average Bonchev–Trinajstić information content (AvgIpc) is 2.53. The predicted octanol–water partition coefficient (Wildman–Crippen LogP) is 1.82. The molecule has 0 saturated carbocycles. The molecule has 1 aliphatic rings. The van der Waals surface area contributed by atoms with E-state index in [0.717, 1.165) is 16.3 Å². The lowest BCUT2D eigenvalue weighted by atomic mass is 9.94. The second-order valence-electron chi connectivity index (χ2n) is 5.50. The molecule has 2 aromatic rings. The Bertz CT molecular complexity index is 757. The summed E-state index contributed by atoms with van der Waals surface area (Å²) < 4.78 is 5.47. The number of methoxy groups -OCH3 is 1. The van der Waals surface area contributed by atoms with Gasteiger partial charge in [-0.05, 0) is 16.8 Å². The monoisotopic (exact) mass is 298 g/mol. The van der Waals surface area contributed by atoms with Gasteiger partial charge in [-0.2, -0.15) is 0 Å². The third-order valence-electron chi connectivity index (χ3n) is 4.19. The van der Waals surface area contributed by atoms with Crippen LogP contribution in [0.3, 0.4) is 0 Å². The lowest BCUT2D eigenvalue weighted by Gasteiger charge is -2.37. The van der Waals surface area contributed by atoms with Crippen LogP contribution in [0.5, 0.6) is 5.75 Å². The van der Waals surface area contributed by atoms with Crippen LogP contribution in [0, 0.1) is 0 Å². The molecule has 0 N–H and O–H groups in total. The van der Waals surface area contributed by atoms with Gasteiger partial charge in [0.15, 0.2) is 0 Å². The third kappa shape index (κ3) is 2.09. The fraction of sp³-hybridized carbons (Fsp3) is 0.294. The first-order valence-electron chi connectivity index (χ1n) is 7.11. The number of carbonyl (C=O) groups is 2. The molecular weight excluding hydrogens is 280 g/mol. The molecule has 1 atom stereocenters. The molecule has 22 heavy (non-hydrogen) atoms. The number of nitrogens with zero attached hydrogens (tertiary/aromatic N) is 2. The van der Waals surface area contributed by atoms with Crippen molar-refractivity contribution in [3.63, 3.8) is 0 Å². The highest BCUT2D eigenvalue weighted by Gasteiger charge is 2.39. The summed E-state index contributed by atoms with van der Waals surface area (Å²) in [5.41, 5.74) is 0.744. The summed E-state index contributed by atoms with van der Waals surface area (Å²) in [5.74, 6) is 0.436. The largest absolute Gasteiger partial charge is 0.496 e. The molecular formula is C17H18N2O3. The zero-order chi connectivity index (χ0) is 15.9. The van der Waals surface area contributed by atoms with Gasteiger partial charge < -0.3 is 14.5 Å². The van der Waals surface area contributed by atoms with Crippen LogP contribution in [0.25, 0.3) is 10.8 Å². The van der Waals surface area contributed by atoms with E-state index < -0.39 is 6.04 Å². The van der Waals surface area contributed by atoms with Crippen LogP contribution in [0.1, 0.15) is 11.6 Å². The van der Waals surface area contributed by atoms with Crippen LogP contribution in [0.15, 0.2) is 36.4 Å². The SMILES string of the molecule is COc1ccc2ccccc2c1C1C(=O)N(C)CC(=O)N1C. The zero-order valence-electron chi connectivity index (χ0n) is 12.9. The van der Waals surface area contributed by atoms with Gasteiger partial charge in [-0.3, -0.25) is 9.59 Å². The van der Waals surface area contributed by atoms with Gasteiger partial charge >= 0.3 is 0 Å². The van der Waals surface area contributed by atoms with Gasteiger partial charge in [0.25, 0.3) is 0 Å². The maximum Gasteiger partial charge on any atom is 0.250 e. The fourth-order valence-electron chi connectivity index (χ4n) is 2.96. The van der Waals surface area contributed by atoms with E-state index in [-0.39, 0.29) is 18.4 Å². The summed E-state index contributed by atoms with van der Waals surface area (Å²) in [6.45, 7) is 0.110. The van der Waals surface area contributed by atoms with Crippen molar-refractivity contribution in [3.05, 3.63) is 42.0 Å². The molecule has 2 amide bonds. The summed E-state index contributed by atoms with van der Waals surface area (Å²) in [5, 5.41) is 1.94. The van der Waals surface area contributed by atoms with Crippen molar-refractivity contribution >= 4 is 22.6 Å². The fourth-order valence-corrected chi connectivity index (χ4v) is 2.96. The number of likely N-dealkylation sites (N-methyl/N-ethyl adjacent to an activating group) is 2. The maximum atomic E-state index is 12.7. The second kappa shape index (κ2) is 5.33. The Balaban J connectivity index is 2.27. The molecule has 1 unspecified atom stereocenters. The highest BCUT2D eigenvalue weighted by atomic mass is 16.5. The first-order valence-corrected chi connectivity index (χ1v) is 7.11. The number of ether oxygens (including phenoxy) is 1. The summed E-state index contributed by atoms with van der Waals surface area (Å²) in [4.78, 5) is 27.8. The Morgan fingerprint density at radius 2 is 1.82 bits per heavy atom. The quantitative estimate of drug-likeness (QED) is 0.850. The molecule has 0 bridgehead atoms. The number of hydrogen-bond acceptors (Lipinski definition) is 3.